The van der Waals surface area contributed by atoms with Gasteiger partial charge in [0.05, 0.1) is 0 Å². The van der Waals surface area contributed by atoms with Gasteiger partial charge in [-0.1, -0.05) is 28.9 Å². The third-order valence-corrected chi connectivity index (χ3v) is 3.82. The van der Waals surface area contributed by atoms with Gasteiger partial charge >= 0.3 is 0 Å². The number of hydrogen-bond acceptors (Lipinski definition) is 2. The Morgan fingerprint density at radius 2 is 2.21 bits per heavy atom. The van der Waals surface area contributed by atoms with Crippen molar-refractivity contribution in [3.63, 3.8) is 0 Å². The highest BCUT2D eigenvalue weighted by Gasteiger charge is 2.05. The summed E-state index contributed by atoms with van der Waals surface area (Å²) in [5.41, 5.74) is 7.00. The molecule has 0 saturated heterocycles. The first-order valence-electron chi connectivity index (χ1n) is 4.83. The molecular weight excluding hydrogens is 258 g/mol. The fourth-order valence-electron chi connectivity index (χ4n) is 1.19. The van der Waals surface area contributed by atoms with E-state index in [2.05, 4.69) is 41.1 Å². The van der Waals surface area contributed by atoms with E-state index in [4.69, 9.17) is 5.73 Å². The Bertz CT molecular complexity index is 299. The predicted octanol–water partition coefficient (Wildman–Crippen LogP) is 3.97. The fourth-order valence-corrected chi connectivity index (χ4v) is 2.88. The highest BCUT2D eigenvalue weighted by atomic mass is 79.9. The summed E-state index contributed by atoms with van der Waals surface area (Å²) < 4.78 is 1.12. The van der Waals surface area contributed by atoms with E-state index < -0.39 is 0 Å². The SMILES string of the molecule is CCCSc1ccc([C@H](C)N)c(Br)c1. The van der Waals surface area contributed by atoms with Crippen LogP contribution in [0.25, 0.3) is 0 Å². The molecule has 0 bridgehead atoms. The maximum atomic E-state index is 5.83. The Kier molecular flexibility index (Phi) is 4.99. The lowest BCUT2D eigenvalue weighted by Crippen LogP contribution is -2.05. The molecular formula is C11H16BrNS. The molecule has 0 fully saturated rings. The number of hydrogen-bond donors (Lipinski definition) is 1. The van der Waals surface area contributed by atoms with Crippen LogP contribution >= 0.6 is 27.7 Å². The zero-order valence-corrected chi connectivity index (χ0v) is 11.0. The van der Waals surface area contributed by atoms with Gasteiger partial charge in [0.1, 0.15) is 0 Å². The monoisotopic (exact) mass is 273 g/mol. The van der Waals surface area contributed by atoms with Crippen LogP contribution in [0.3, 0.4) is 0 Å². The maximum Gasteiger partial charge on any atom is 0.0277 e. The molecule has 3 heteroatoms. The molecule has 0 amide bonds. The van der Waals surface area contributed by atoms with Gasteiger partial charge in [-0.15, -0.1) is 11.8 Å². The molecule has 1 aromatic carbocycles. The second-order valence-electron chi connectivity index (χ2n) is 3.32. The van der Waals surface area contributed by atoms with Crippen LogP contribution < -0.4 is 5.73 Å². The van der Waals surface area contributed by atoms with E-state index >= 15 is 0 Å². The average molecular weight is 274 g/mol. The molecule has 1 aromatic rings. The summed E-state index contributed by atoms with van der Waals surface area (Å²) >= 11 is 5.43. The third-order valence-electron chi connectivity index (χ3n) is 1.94. The number of thioether (sulfide) groups is 1. The van der Waals surface area contributed by atoms with Gasteiger partial charge in [0.2, 0.25) is 0 Å². The summed E-state index contributed by atoms with van der Waals surface area (Å²) in [7, 11) is 0. The van der Waals surface area contributed by atoms with Crippen molar-refractivity contribution in [3.8, 4) is 0 Å². The maximum absolute atomic E-state index is 5.83. The third kappa shape index (κ3) is 3.30. The summed E-state index contributed by atoms with van der Waals surface area (Å²) in [5, 5.41) is 0. The summed E-state index contributed by atoms with van der Waals surface area (Å²) in [6.45, 7) is 4.19. The Labute approximate surface area is 98.6 Å². The van der Waals surface area contributed by atoms with Crippen LogP contribution in [-0.2, 0) is 0 Å². The first-order chi connectivity index (χ1) is 6.65. The summed E-state index contributed by atoms with van der Waals surface area (Å²) in [4.78, 5) is 1.31. The minimum Gasteiger partial charge on any atom is -0.324 e. The summed E-state index contributed by atoms with van der Waals surface area (Å²) in [5.74, 6) is 1.17. The number of nitrogens with two attached hydrogens (primary N) is 1. The normalized spacial score (nSPS) is 12.9. The van der Waals surface area contributed by atoms with Gasteiger partial charge < -0.3 is 5.73 Å². The highest BCUT2D eigenvalue weighted by molar-refractivity contribution is 9.10. The second-order valence-corrected chi connectivity index (χ2v) is 5.34. The number of rotatable bonds is 4. The second kappa shape index (κ2) is 5.79. The van der Waals surface area contributed by atoms with E-state index in [1.54, 1.807) is 0 Å². The molecule has 0 aromatic heterocycles. The van der Waals surface area contributed by atoms with Crippen molar-refractivity contribution in [3.05, 3.63) is 28.2 Å². The van der Waals surface area contributed by atoms with Crippen LogP contribution in [0.4, 0.5) is 0 Å². The summed E-state index contributed by atoms with van der Waals surface area (Å²) in [6, 6.07) is 6.49. The van der Waals surface area contributed by atoms with Gasteiger partial charge in [-0.3, -0.25) is 0 Å². The van der Waals surface area contributed by atoms with Crippen molar-refractivity contribution in [2.75, 3.05) is 5.75 Å². The molecule has 1 atom stereocenters. The Morgan fingerprint density at radius 1 is 1.50 bits per heavy atom. The molecule has 0 heterocycles. The molecule has 0 aliphatic carbocycles. The largest absolute Gasteiger partial charge is 0.324 e. The van der Waals surface area contributed by atoms with Gasteiger partial charge in [-0.25, -0.2) is 0 Å². The standard InChI is InChI=1S/C11H16BrNS/c1-3-6-14-9-4-5-10(8(2)13)11(12)7-9/h4-5,7-8H,3,6,13H2,1-2H3/t8-/m0/s1. The number of benzene rings is 1. The van der Waals surface area contributed by atoms with Crippen molar-refractivity contribution >= 4 is 27.7 Å². The molecule has 2 N–H and O–H groups in total. The first kappa shape index (κ1) is 12.1. The van der Waals surface area contributed by atoms with Crippen molar-refractivity contribution in [2.24, 2.45) is 5.73 Å². The van der Waals surface area contributed by atoms with Crippen molar-refractivity contribution in [1.29, 1.82) is 0 Å². The van der Waals surface area contributed by atoms with E-state index in [0.29, 0.717) is 0 Å². The highest BCUT2D eigenvalue weighted by Crippen LogP contribution is 2.28. The van der Waals surface area contributed by atoms with E-state index in [-0.39, 0.29) is 6.04 Å². The summed E-state index contributed by atoms with van der Waals surface area (Å²) in [6.07, 6.45) is 1.21. The lowest BCUT2D eigenvalue weighted by molar-refractivity contribution is 0.811. The van der Waals surface area contributed by atoms with E-state index in [0.717, 1.165) is 4.47 Å². The Hall–Kier alpha value is 0.01000. The molecule has 0 unspecified atom stereocenters. The molecule has 0 aliphatic heterocycles. The van der Waals surface area contributed by atoms with Crippen LogP contribution in [0.2, 0.25) is 0 Å². The minimum atomic E-state index is 0.0922. The van der Waals surface area contributed by atoms with Gasteiger partial charge in [-0.05, 0) is 36.8 Å². The van der Waals surface area contributed by atoms with Gasteiger partial charge in [0.25, 0.3) is 0 Å². The van der Waals surface area contributed by atoms with Gasteiger partial charge in [0.15, 0.2) is 0 Å². The smallest absolute Gasteiger partial charge is 0.0277 e. The molecule has 1 rings (SSSR count). The minimum absolute atomic E-state index is 0.0922. The zero-order chi connectivity index (χ0) is 10.6. The van der Waals surface area contributed by atoms with Crippen LogP contribution in [0, 0.1) is 0 Å². The van der Waals surface area contributed by atoms with Gasteiger partial charge in [-0.2, -0.15) is 0 Å². The van der Waals surface area contributed by atoms with Crippen LogP contribution in [0.1, 0.15) is 31.9 Å². The zero-order valence-electron chi connectivity index (χ0n) is 8.59. The lowest BCUT2D eigenvalue weighted by Gasteiger charge is -2.09. The topological polar surface area (TPSA) is 26.0 Å². The molecule has 0 spiro atoms. The molecule has 0 radical (unpaired) electrons. The number of halogens is 1. The van der Waals surface area contributed by atoms with E-state index in [1.165, 1.54) is 22.6 Å². The fraction of sp³-hybridized carbons (Fsp3) is 0.455. The average Bonchev–Trinajstić information content (AvgIpc) is 2.14. The molecule has 1 nitrogen and oxygen atoms in total. The Morgan fingerprint density at radius 3 is 2.71 bits per heavy atom. The molecule has 78 valence electrons. The van der Waals surface area contributed by atoms with E-state index in [9.17, 15) is 0 Å². The van der Waals surface area contributed by atoms with Crippen molar-refractivity contribution < 1.29 is 0 Å². The lowest BCUT2D eigenvalue weighted by atomic mass is 10.1. The van der Waals surface area contributed by atoms with Crippen molar-refractivity contribution in [2.45, 2.75) is 31.2 Å². The van der Waals surface area contributed by atoms with Crippen LogP contribution in [-0.4, -0.2) is 5.75 Å². The van der Waals surface area contributed by atoms with Crippen LogP contribution in [0.15, 0.2) is 27.6 Å². The molecule has 0 aliphatic rings. The Balaban J connectivity index is 2.78. The molecule has 0 saturated carbocycles. The van der Waals surface area contributed by atoms with Gasteiger partial charge in [0, 0.05) is 15.4 Å². The quantitative estimate of drug-likeness (QED) is 0.841. The first-order valence-corrected chi connectivity index (χ1v) is 6.60. The molecule has 14 heavy (non-hydrogen) atoms. The van der Waals surface area contributed by atoms with E-state index in [1.807, 2.05) is 18.7 Å². The van der Waals surface area contributed by atoms with Crippen LogP contribution in [0.5, 0.6) is 0 Å². The predicted molar refractivity (Wildman–Crippen MR) is 67.8 cm³/mol. The van der Waals surface area contributed by atoms with Crippen molar-refractivity contribution in [1.82, 2.24) is 0 Å².